The molecule has 2 amide bonds. The first-order chi connectivity index (χ1) is 19.4. The van der Waals surface area contributed by atoms with E-state index in [0.717, 1.165) is 4.31 Å². The zero-order valence-corrected chi connectivity index (χ0v) is 26.3. The van der Waals surface area contributed by atoms with Crippen molar-refractivity contribution in [1.82, 2.24) is 10.6 Å². The van der Waals surface area contributed by atoms with Crippen LogP contribution in [0.25, 0.3) is 0 Å². The molecule has 0 radical (unpaired) electrons. The van der Waals surface area contributed by atoms with E-state index in [4.69, 9.17) is 0 Å². The molecule has 0 saturated heterocycles. The van der Waals surface area contributed by atoms with Crippen molar-refractivity contribution in [2.75, 3.05) is 11.4 Å². The highest BCUT2D eigenvalue weighted by molar-refractivity contribution is 7.92. The normalized spacial score (nSPS) is 14.9. The van der Waals surface area contributed by atoms with Crippen molar-refractivity contribution in [2.45, 2.75) is 78.3 Å². The van der Waals surface area contributed by atoms with E-state index in [9.17, 15) is 33.0 Å². The van der Waals surface area contributed by atoms with Crippen molar-refractivity contribution < 1.29 is 33.0 Å². The van der Waals surface area contributed by atoms with Crippen LogP contribution in [-0.2, 0) is 25.4 Å². The summed E-state index contributed by atoms with van der Waals surface area (Å²) < 4.78 is 27.2. The SMILES string of the molecule is CC(C)C[C@H](NC(=O)c1cccc(N(C)S(=O)(=O)Cc2ccccc2)c1)[C@@H](O)C[C@@H](C)C(=O)N[C@H](C(=O)O)C(C)(C)C. The van der Waals surface area contributed by atoms with Gasteiger partial charge in [-0.15, -0.1) is 0 Å². The number of aliphatic hydroxyl groups excluding tert-OH is 1. The first-order valence-electron chi connectivity index (χ1n) is 14.0. The summed E-state index contributed by atoms with van der Waals surface area (Å²) in [6, 6.07) is 13.2. The van der Waals surface area contributed by atoms with Gasteiger partial charge < -0.3 is 20.8 Å². The van der Waals surface area contributed by atoms with Gasteiger partial charge in [-0.25, -0.2) is 13.2 Å². The van der Waals surface area contributed by atoms with E-state index >= 15 is 0 Å². The maximum absolute atomic E-state index is 13.3. The topological polar surface area (TPSA) is 153 Å². The molecule has 0 aliphatic rings. The summed E-state index contributed by atoms with van der Waals surface area (Å²) in [6.45, 7) is 10.6. The number of aliphatic hydroxyl groups is 1. The zero-order chi connectivity index (χ0) is 31.8. The van der Waals surface area contributed by atoms with Crippen molar-refractivity contribution in [3.05, 3.63) is 65.7 Å². The molecule has 0 aromatic heterocycles. The number of benzene rings is 2. The Hall–Kier alpha value is -3.44. The third-order valence-corrected chi connectivity index (χ3v) is 8.77. The minimum Gasteiger partial charge on any atom is -0.480 e. The Bertz CT molecular complexity index is 1320. The summed E-state index contributed by atoms with van der Waals surface area (Å²) in [6.07, 6.45) is -0.667. The molecule has 2 rings (SSSR count). The van der Waals surface area contributed by atoms with Crippen LogP contribution in [0.1, 0.15) is 70.3 Å². The van der Waals surface area contributed by atoms with Crippen molar-refractivity contribution in [2.24, 2.45) is 17.3 Å². The lowest BCUT2D eigenvalue weighted by Gasteiger charge is -2.30. The second kappa shape index (κ2) is 14.6. The number of nitrogens with zero attached hydrogens (tertiary/aromatic N) is 1. The first kappa shape index (κ1) is 34.8. The Balaban J connectivity index is 2.16. The van der Waals surface area contributed by atoms with Crippen LogP contribution in [0, 0.1) is 17.3 Å². The van der Waals surface area contributed by atoms with Crippen LogP contribution >= 0.6 is 0 Å². The number of rotatable bonds is 14. The van der Waals surface area contributed by atoms with E-state index in [1.54, 1.807) is 70.2 Å². The molecule has 11 heteroatoms. The van der Waals surface area contributed by atoms with Gasteiger partial charge in [-0.2, -0.15) is 0 Å². The second-order valence-corrected chi connectivity index (χ2v) is 14.3. The standard InChI is InChI=1S/C31H45N3O7S/c1-20(2)16-25(26(35)17-21(3)28(36)33-27(30(38)39)31(4,5)6)32-29(37)23-14-11-15-24(18-23)34(7)42(40,41)19-22-12-9-8-10-13-22/h8-15,18,20-21,25-27,35H,16-17,19H2,1-7H3,(H,32,37)(H,33,36)(H,38,39)/t21-,25+,26+,27-/m1/s1. The maximum atomic E-state index is 13.3. The van der Waals surface area contributed by atoms with E-state index in [0.29, 0.717) is 17.7 Å². The summed E-state index contributed by atoms with van der Waals surface area (Å²) >= 11 is 0. The Morgan fingerprint density at radius 2 is 1.55 bits per heavy atom. The average Bonchev–Trinajstić information content (AvgIpc) is 2.89. The molecule has 0 bridgehead atoms. The van der Waals surface area contributed by atoms with Gasteiger partial charge in [0.05, 0.1) is 23.6 Å². The lowest BCUT2D eigenvalue weighted by Crippen LogP contribution is -2.51. The molecule has 42 heavy (non-hydrogen) atoms. The number of carboxylic acids is 1. The Morgan fingerprint density at radius 3 is 2.10 bits per heavy atom. The van der Waals surface area contributed by atoms with Gasteiger partial charge in [0.15, 0.2) is 0 Å². The van der Waals surface area contributed by atoms with Crippen LogP contribution in [0.3, 0.4) is 0 Å². The lowest BCUT2D eigenvalue weighted by atomic mass is 9.86. The molecular weight excluding hydrogens is 558 g/mol. The molecule has 0 aliphatic heterocycles. The van der Waals surface area contributed by atoms with Crippen LogP contribution in [0.15, 0.2) is 54.6 Å². The molecule has 0 unspecified atom stereocenters. The average molecular weight is 604 g/mol. The third kappa shape index (κ3) is 10.1. The number of anilines is 1. The lowest BCUT2D eigenvalue weighted by molar-refractivity contribution is -0.145. The van der Waals surface area contributed by atoms with E-state index < -0.39 is 57.3 Å². The Morgan fingerprint density at radius 1 is 0.929 bits per heavy atom. The van der Waals surface area contributed by atoms with Gasteiger partial charge in [0.25, 0.3) is 5.91 Å². The number of sulfonamides is 1. The van der Waals surface area contributed by atoms with Crippen LogP contribution < -0.4 is 14.9 Å². The van der Waals surface area contributed by atoms with Crippen molar-refractivity contribution in [3.63, 3.8) is 0 Å². The van der Waals surface area contributed by atoms with Gasteiger partial charge in [-0.3, -0.25) is 13.9 Å². The summed E-state index contributed by atoms with van der Waals surface area (Å²) in [7, 11) is -2.29. The molecule has 0 heterocycles. The van der Waals surface area contributed by atoms with Crippen molar-refractivity contribution >= 4 is 33.5 Å². The number of hydrogen-bond acceptors (Lipinski definition) is 6. The fourth-order valence-electron chi connectivity index (χ4n) is 4.52. The highest BCUT2D eigenvalue weighted by Crippen LogP contribution is 2.23. The summed E-state index contributed by atoms with van der Waals surface area (Å²) in [4.78, 5) is 37.7. The molecular formula is C31H45N3O7S. The molecule has 4 atom stereocenters. The minimum absolute atomic E-state index is 0.000485. The number of aliphatic carboxylic acids is 1. The van der Waals surface area contributed by atoms with Gasteiger partial charge in [-0.05, 0) is 47.9 Å². The smallest absolute Gasteiger partial charge is 0.326 e. The number of carbonyl (C=O) groups excluding carboxylic acids is 2. The van der Waals surface area contributed by atoms with Crippen molar-refractivity contribution in [3.8, 4) is 0 Å². The molecule has 2 aromatic rings. The van der Waals surface area contributed by atoms with Crippen LogP contribution in [0.2, 0.25) is 0 Å². The minimum atomic E-state index is -3.72. The van der Waals surface area contributed by atoms with Gasteiger partial charge in [-0.1, -0.05) is 77.9 Å². The summed E-state index contributed by atoms with van der Waals surface area (Å²) in [5.41, 5.74) is 0.466. The predicted molar refractivity (Wildman–Crippen MR) is 163 cm³/mol. The first-order valence-corrected chi connectivity index (χ1v) is 15.7. The number of nitrogens with one attached hydrogen (secondary N) is 2. The van der Waals surface area contributed by atoms with Crippen molar-refractivity contribution in [1.29, 1.82) is 0 Å². The fourth-order valence-corrected chi connectivity index (χ4v) is 5.77. The number of carboxylic acid groups (broad SMARTS) is 1. The summed E-state index contributed by atoms with van der Waals surface area (Å²) in [5.74, 6) is -2.95. The molecule has 232 valence electrons. The molecule has 10 nitrogen and oxygen atoms in total. The van der Waals surface area contributed by atoms with Gasteiger partial charge in [0.1, 0.15) is 6.04 Å². The van der Waals surface area contributed by atoms with Gasteiger partial charge >= 0.3 is 5.97 Å². The highest BCUT2D eigenvalue weighted by Gasteiger charge is 2.35. The third-order valence-electron chi connectivity index (χ3n) is 7.03. The number of amides is 2. The van der Waals surface area contributed by atoms with E-state index in [-0.39, 0.29) is 23.7 Å². The molecule has 0 fully saturated rings. The number of carbonyl (C=O) groups is 3. The molecule has 4 N–H and O–H groups in total. The maximum Gasteiger partial charge on any atom is 0.326 e. The number of hydrogen-bond donors (Lipinski definition) is 4. The van der Waals surface area contributed by atoms with Gasteiger partial charge in [0.2, 0.25) is 15.9 Å². The molecule has 0 aliphatic carbocycles. The predicted octanol–water partition coefficient (Wildman–Crippen LogP) is 3.80. The van der Waals surface area contributed by atoms with E-state index in [2.05, 4.69) is 10.6 Å². The highest BCUT2D eigenvalue weighted by atomic mass is 32.2. The largest absolute Gasteiger partial charge is 0.480 e. The van der Waals surface area contributed by atoms with E-state index in [1.807, 2.05) is 19.9 Å². The monoisotopic (exact) mass is 603 g/mol. The summed E-state index contributed by atoms with van der Waals surface area (Å²) in [5, 5.41) is 26.0. The second-order valence-electron chi connectivity index (χ2n) is 12.3. The molecule has 0 spiro atoms. The van der Waals surface area contributed by atoms with Crippen LogP contribution in [0.5, 0.6) is 0 Å². The van der Waals surface area contributed by atoms with Gasteiger partial charge in [0, 0.05) is 18.5 Å². The van der Waals surface area contributed by atoms with E-state index in [1.165, 1.54) is 13.1 Å². The zero-order valence-electron chi connectivity index (χ0n) is 25.5. The van der Waals surface area contributed by atoms with Crippen LogP contribution in [-0.4, -0.2) is 61.6 Å². The Labute approximate surface area is 249 Å². The van der Waals surface area contributed by atoms with Crippen LogP contribution in [0.4, 0.5) is 5.69 Å². The molecule has 2 aromatic carbocycles. The fraction of sp³-hybridized carbons (Fsp3) is 0.516. The quantitative estimate of drug-likeness (QED) is 0.256. The Kier molecular flexibility index (Phi) is 12.1. The molecule has 0 saturated carbocycles.